The Kier molecular flexibility index (Phi) is 7.69. The molecule has 2 rings (SSSR count). The van der Waals surface area contributed by atoms with Crippen molar-refractivity contribution >= 4 is 5.97 Å². The number of nitrogens with two attached hydrogens (primary N) is 1. The van der Waals surface area contributed by atoms with Gasteiger partial charge in [0.2, 0.25) is 0 Å². The number of hydrogen-bond donors (Lipinski definition) is 1. The van der Waals surface area contributed by atoms with E-state index in [2.05, 4.69) is 6.92 Å². The molecule has 1 saturated heterocycles. The number of benzene rings is 1. The van der Waals surface area contributed by atoms with E-state index in [9.17, 15) is 4.79 Å². The Labute approximate surface area is 144 Å². The van der Waals surface area contributed by atoms with Gasteiger partial charge >= 0.3 is 5.97 Å². The molecule has 1 heterocycles. The average molecular weight is 335 g/mol. The summed E-state index contributed by atoms with van der Waals surface area (Å²) in [5, 5.41) is 0. The third-order valence-corrected chi connectivity index (χ3v) is 4.46. The van der Waals surface area contributed by atoms with Gasteiger partial charge in [-0.15, -0.1) is 0 Å². The van der Waals surface area contributed by atoms with Gasteiger partial charge < -0.3 is 19.9 Å². The van der Waals surface area contributed by atoms with Crippen LogP contribution in [-0.4, -0.2) is 37.4 Å². The largest absolute Gasteiger partial charge is 0.461 e. The molecule has 0 aliphatic carbocycles. The van der Waals surface area contributed by atoms with Crippen molar-refractivity contribution in [3.8, 4) is 0 Å². The van der Waals surface area contributed by atoms with Gasteiger partial charge in [-0.25, -0.2) is 0 Å². The molecular weight excluding hydrogens is 306 g/mol. The highest BCUT2D eigenvalue weighted by Gasteiger charge is 2.33. The summed E-state index contributed by atoms with van der Waals surface area (Å²) in [6, 6.07) is 9.33. The van der Waals surface area contributed by atoms with Gasteiger partial charge in [-0.3, -0.25) is 4.79 Å². The SMILES string of the molecule is CCCC[C@H]1[C@H](C)OC(=O)[C@@H](N)COC[C@@H]1OCc1ccccc1. The molecule has 1 fully saturated rings. The Morgan fingerprint density at radius 2 is 2.00 bits per heavy atom. The van der Waals surface area contributed by atoms with Gasteiger partial charge in [-0.1, -0.05) is 50.1 Å². The average Bonchev–Trinajstić information content (AvgIpc) is 2.63. The number of carbonyl (C=O) groups is 1. The zero-order chi connectivity index (χ0) is 17.4. The van der Waals surface area contributed by atoms with E-state index >= 15 is 0 Å². The highest BCUT2D eigenvalue weighted by atomic mass is 16.6. The summed E-state index contributed by atoms with van der Waals surface area (Å²) < 4.78 is 17.4. The standard InChI is InChI=1S/C19H29NO4/c1-3-4-10-16-14(2)24-19(21)17(20)12-22-13-18(16)23-11-15-8-6-5-7-9-15/h5-9,14,16-18H,3-4,10-13,20H2,1-2H3/t14-,16-,17-,18-/m0/s1. The molecule has 24 heavy (non-hydrogen) atoms. The lowest BCUT2D eigenvalue weighted by Crippen LogP contribution is -2.39. The minimum atomic E-state index is -0.729. The monoisotopic (exact) mass is 335 g/mol. The number of rotatable bonds is 6. The molecule has 0 amide bonds. The molecule has 1 aromatic rings. The number of esters is 1. The van der Waals surface area contributed by atoms with E-state index in [1.165, 1.54) is 0 Å². The molecule has 0 spiro atoms. The van der Waals surface area contributed by atoms with Gasteiger partial charge in [0.05, 0.1) is 25.9 Å². The Balaban J connectivity index is 2.07. The molecule has 5 heteroatoms. The predicted octanol–water partition coefficient (Wildman–Crippen LogP) is 2.67. The molecule has 4 atom stereocenters. The van der Waals surface area contributed by atoms with Crippen molar-refractivity contribution < 1.29 is 19.0 Å². The second-order valence-electron chi connectivity index (χ2n) is 6.43. The Hall–Kier alpha value is -1.43. The van der Waals surface area contributed by atoms with Crippen LogP contribution in [-0.2, 0) is 25.6 Å². The van der Waals surface area contributed by atoms with Gasteiger partial charge in [-0.05, 0) is 18.9 Å². The summed E-state index contributed by atoms with van der Waals surface area (Å²) in [5.41, 5.74) is 6.91. The second-order valence-corrected chi connectivity index (χ2v) is 6.43. The summed E-state index contributed by atoms with van der Waals surface area (Å²) in [6.07, 6.45) is 2.72. The van der Waals surface area contributed by atoms with Gasteiger partial charge in [0.15, 0.2) is 0 Å². The number of carbonyl (C=O) groups excluding carboxylic acids is 1. The first-order chi connectivity index (χ1) is 11.6. The van der Waals surface area contributed by atoms with Crippen LogP contribution >= 0.6 is 0 Å². The minimum Gasteiger partial charge on any atom is -0.461 e. The number of hydrogen-bond acceptors (Lipinski definition) is 5. The lowest BCUT2D eigenvalue weighted by atomic mass is 9.91. The molecule has 0 unspecified atom stereocenters. The van der Waals surface area contributed by atoms with Crippen LogP contribution < -0.4 is 5.73 Å². The highest BCUT2D eigenvalue weighted by molar-refractivity contribution is 5.75. The number of unbranched alkanes of at least 4 members (excludes halogenated alkanes) is 1. The van der Waals surface area contributed by atoms with Crippen LogP contribution in [0.25, 0.3) is 0 Å². The maximum Gasteiger partial charge on any atom is 0.325 e. The van der Waals surface area contributed by atoms with Crippen LogP contribution in [0.1, 0.15) is 38.7 Å². The van der Waals surface area contributed by atoms with Crippen LogP contribution in [0.3, 0.4) is 0 Å². The molecule has 134 valence electrons. The third-order valence-electron chi connectivity index (χ3n) is 4.46. The predicted molar refractivity (Wildman–Crippen MR) is 92.4 cm³/mol. The quantitative estimate of drug-likeness (QED) is 0.809. The zero-order valence-electron chi connectivity index (χ0n) is 14.6. The summed E-state index contributed by atoms with van der Waals surface area (Å²) in [7, 11) is 0. The van der Waals surface area contributed by atoms with E-state index in [1.807, 2.05) is 37.3 Å². The van der Waals surface area contributed by atoms with E-state index in [0.717, 1.165) is 24.8 Å². The molecule has 5 nitrogen and oxygen atoms in total. The maximum atomic E-state index is 12.0. The molecule has 0 bridgehead atoms. The van der Waals surface area contributed by atoms with Crippen molar-refractivity contribution in [3.05, 3.63) is 35.9 Å². The summed E-state index contributed by atoms with van der Waals surface area (Å²) >= 11 is 0. The topological polar surface area (TPSA) is 70.8 Å². The number of cyclic esters (lactones) is 1. The highest BCUT2D eigenvalue weighted by Crippen LogP contribution is 2.25. The normalized spacial score (nSPS) is 28.5. The second kappa shape index (κ2) is 9.77. The molecule has 1 aliphatic rings. The van der Waals surface area contributed by atoms with E-state index in [1.54, 1.807) is 0 Å². The van der Waals surface area contributed by atoms with E-state index in [0.29, 0.717) is 13.2 Å². The lowest BCUT2D eigenvalue weighted by Gasteiger charge is -2.30. The Morgan fingerprint density at radius 3 is 2.71 bits per heavy atom. The number of ether oxygens (including phenoxy) is 3. The Bertz CT molecular complexity index is 493. The maximum absolute atomic E-state index is 12.0. The van der Waals surface area contributed by atoms with Gasteiger partial charge in [0.25, 0.3) is 0 Å². The molecule has 2 N–H and O–H groups in total. The fourth-order valence-electron chi connectivity index (χ4n) is 2.97. The van der Waals surface area contributed by atoms with Crippen LogP contribution in [0, 0.1) is 5.92 Å². The van der Waals surface area contributed by atoms with Crippen molar-refractivity contribution in [2.24, 2.45) is 11.7 Å². The molecule has 0 saturated carbocycles. The van der Waals surface area contributed by atoms with Crippen LogP contribution in [0.5, 0.6) is 0 Å². The summed E-state index contributed by atoms with van der Waals surface area (Å²) in [6.45, 7) is 5.19. The van der Waals surface area contributed by atoms with Crippen molar-refractivity contribution in [2.75, 3.05) is 13.2 Å². The van der Waals surface area contributed by atoms with Crippen LogP contribution in [0.2, 0.25) is 0 Å². The summed E-state index contributed by atoms with van der Waals surface area (Å²) in [5.74, 6) is -0.296. The van der Waals surface area contributed by atoms with Crippen LogP contribution in [0.15, 0.2) is 30.3 Å². The van der Waals surface area contributed by atoms with E-state index in [4.69, 9.17) is 19.9 Å². The van der Waals surface area contributed by atoms with Crippen molar-refractivity contribution in [3.63, 3.8) is 0 Å². The zero-order valence-corrected chi connectivity index (χ0v) is 14.6. The van der Waals surface area contributed by atoms with Crippen molar-refractivity contribution in [1.29, 1.82) is 0 Å². The van der Waals surface area contributed by atoms with E-state index < -0.39 is 12.0 Å². The molecule has 0 aromatic heterocycles. The molecule has 0 radical (unpaired) electrons. The first kappa shape index (κ1) is 18.9. The van der Waals surface area contributed by atoms with Crippen LogP contribution in [0.4, 0.5) is 0 Å². The first-order valence-corrected chi connectivity index (χ1v) is 8.81. The van der Waals surface area contributed by atoms with Crippen molar-refractivity contribution in [1.82, 2.24) is 0 Å². The lowest BCUT2D eigenvalue weighted by molar-refractivity contribution is -0.155. The fourth-order valence-corrected chi connectivity index (χ4v) is 2.97. The molecule has 1 aromatic carbocycles. The minimum absolute atomic E-state index is 0.0999. The van der Waals surface area contributed by atoms with E-state index in [-0.39, 0.29) is 24.7 Å². The first-order valence-electron chi connectivity index (χ1n) is 8.81. The van der Waals surface area contributed by atoms with Gasteiger partial charge in [0, 0.05) is 5.92 Å². The fraction of sp³-hybridized carbons (Fsp3) is 0.632. The Morgan fingerprint density at radius 1 is 1.25 bits per heavy atom. The molecule has 1 aliphatic heterocycles. The summed E-state index contributed by atoms with van der Waals surface area (Å²) in [4.78, 5) is 12.0. The molecular formula is C19H29NO4. The van der Waals surface area contributed by atoms with Gasteiger partial charge in [-0.2, -0.15) is 0 Å². The smallest absolute Gasteiger partial charge is 0.325 e. The van der Waals surface area contributed by atoms with Gasteiger partial charge in [0.1, 0.15) is 12.1 Å². The van der Waals surface area contributed by atoms with Crippen molar-refractivity contribution in [2.45, 2.75) is 58.0 Å². The third kappa shape index (κ3) is 5.58.